The van der Waals surface area contributed by atoms with Gasteiger partial charge in [0.25, 0.3) is 0 Å². The zero-order valence-electron chi connectivity index (χ0n) is 3.77. The van der Waals surface area contributed by atoms with E-state index in [9.17, 15) is 14.5 Å². The van der Waals surface area contributed by atoms with Gasteiger partial charge in [-0.15, -0.1) is 4.91 Å². The number of carbonyl (C=O) groups excluding carboxylic acids is 1. The van der Waals surface area contributed by atoms with E-state index >= 15 is 0 Å². The van der Waals surface area contributed by atoms with Crippen LogP contribution in [0.4, 0.5) is 0 Å². The molecule has 0 radical (unpaired) electrons. The number of hydrogen-bond acceptors (Lipinski definition) is 4. The van der Waals surface area contributed by atoms with Crippen LogP contribution in [0.15, 0.2) is 5.18 Å². The molecular formula is C3H3NO4. The molecule has 8 heavy (non-hydrogen) atoms. The molecule has 0 aromatic carbocycles. The number of hydrogen-bond donors (Lipinski definition) is 1. The van der Waals surface area contributed by atoms with Crippen LogP contribution in [-0.2, 0) is 9.59 Å². The Bertz CT molecular complexity index is 112. The molecule has 1 atom stereocenters. The Morgan fingerprint density at radius 3 is 2.25 bits per heavy atom. The first-order valence-corrected chi connectivity index (χ1v) is 1.73. The highest BCUT2D eigenvalue weighted by molar-refractivity contribution is 5.90. The number of carboxylic acid groups (broad SMARTS) is 1. The Morgan fingerprint density at radius 1 is 1.75 bits per heavy atom. The summed E-state index contributed by atoms with van der Waals surface area (Å²) in [5, 5.41) is 9.84. The second kappa shape index (κ2) is 2.84. The third-order valence-electron chi connectivity index (χ3n) is 0.495. The summed E-state index contributed by atoms with van der Waals surface area (Å²) < 4.78 is 0. The van der Waals surface area contributed by atoms with Crippen molar-refractivity contribution in [1.82, 2.24) is 0 Å². The van der Waals surface area contributed by atoms with Crippen LogP contribution in [-0.4, -0.2) is 23.4 Å². The molecule has 5 heteroatoms. The van der Waals surface area contributed by atoms with Crippen molar-refractivity contribution in [1.29, 1.82) is 0 Å². The molecule has 1 N–H and O–H groups in total. The second-order valence-electron chi connectivity index (χ2n) is 1.02. The van der Waals surface area contributed by atoms with Crippen molar-refractivity contribution in [3.8, 4) is 0 Å². The minimum Gasteiger partial charge on any atom is -0.479 e. The summed E-state index contributed by atoms with van der Waals surface area (Å²) in [5.41, 5.74) is 0. The van der Waals surface area contributed by atoms with Gasteiger partial charge < -0.3 is 9.90 Å². The molecule has 0 aliphatic carbocycles. The zero-order valence-corrected chi connectivity index (χ0v) is 3.77. The number of carboxylic acids is 1. The summed E-state index contributed by atoms with van der Waals surface area (Å²) in [6.45, 7) is 0. The molecule has 0 saturated heterocycles. The Kier molecular flexibility index (Phi) is 2.39. The van der Waals surface area contributed by atoms with E-state index in [1.54, 1.807) is 0 Å². The average molecular weight is 117 g/mol. The molecule has 0 saturated carbocycles. The first-order valence-electron chi connectivity index (χ1n) is 1.73. The van der Waals surface area contributed by atoms with E-state index in [1.165, 1.54) is 0 Å². The predicted octanol–water partition coefficient (Wildman–Crippen LogP) is -0.595. The van der Waals surface area contributed by atoms with Crippen LogP contribution in [0.2, 0.25) is 0 Å². The summed E-state index contributed by atoms with van der Waals surface area (Å²) in [4.78, 5) is 28.5. The standard InChI is InChI=1S/C3H3NO4/c5-1-2(4-8)3(6)7/h1-2H,(H,6,7)/t2-/m0/s1. The molecule has 0 spiro atoms. The molecule has 0 aromatic heterocycles. The fourth-order valence-corrected chi connectivity index (χ4v) is 0.128. The number of carbonyl (C=O) groups is 2. The lowest BCUT2D eigenvalue weighted by Crippen LogP contribution is -2.17. The van der Waals surface area contributed by atoms with E-state index in [-0.39, 0.29) is 6.29 Å². The molecule has 0 heterocycles. The van der Waals surface area contributed by atoms with Crippen molar-refractivity contribution in [3.05, 3.63) is 4.91 Å². The highest BCUT2D eigenvalue weighted by atomic mass is 16.4. The van der Waals surface area contributed by atoms with Crippen LogP contribution in [0.1, 0.15) is 0 Å². The average Bonchev–Trinajstić information content (AvgIpc) is 1.69. The van der Waals surface area contributed by atoms with Gasteiger partial charge in [-0.2, -0.15) is 0 Å². The zero-order chi connectivity index (χ0) is 6.57. The van der Waals surface area contributed by atoms with Crippen LogP contribution in [0.5, 0.6) is 0 Å². The first-order chi connectivity index (χ1) is 3.72. The van der Waals surface area contributed by atoms with Gasteiger partial charge in [0.1, 0.15) is 0 Å². The van der Waals surface area contributed by atoms with E-state index < -0.39 is 12.0 Å². The molecule has 0 aliphatic heterocycles. The van der Waals surface area contributed by atoms with Crippen LogP contribution in [0, 0.1) is 4.91 Å². The maximum atomic E-state index is 9.64. The highest BCUT2D eigenvalue weighted by Crippen LogP contribution is 1.82. The van der Waals surface area contributed by atoms with Crippen molar-refractivity contribution in [3.63, 3.8) is 0 Å². The molecule has 44 valence electrons. The molecule has 5 nitrogen and oxygen atoms in total. The second-order valence-corrected chi connectivity index (χ2v) is 1.02. The summed E-state index contributed by atoms with van der Waals surface area (Å²) >= 11 is 0. The van der Waals surface area contributed by atoms with Crippen molar-refractivity contribution in [2.24, 2.45) is 5.18 Å². The molecule has 0 bridgehead atoms. The molecule has 0 unspecified atom stereocenters. The topological polar surface area (TPSA) is 83.8 Å². The van der Waals surface area contributed by atoms with Gasteiger partial charge in [-0.25, -0.2) is 4.79 Å². The Labute approximate surface area is 44.3 Å². The van der Waals surface area contributed by atoms with Gasteiger partial charge in [-0.1, -0.05) is 0 Å². The van der Waals surface area contributed by atoms with E-state index in [0.29, 0.717) is 0 Å². The van der Waals surface area contributed by atoms with Gasteiger partial charge in [0, 0.05) is 0 Å². The Morgan fingerprint density at radius 2 is 2.25 bits per heavy atom. The maximum absolute atomic E-state index is 9.64. The minimum atomic E-state index is -1.74. The summed E-state index contributed by atoms with van der Waals surface area (Å²) in [7, 11) is 0. The summed E-state index contributed by atoms with van der Waals surface area (Å²) in [6.07, 6.45) is -0.0324. The normalized spacial score (nSPS) is 12.0. The van der Waals surface area contributed by atoms with Gasteiger partial charge in [0.2, 0.25) is 6.04 Å². The minimum absolute atomic E-state index is 0.0324. The summed E-state index contributed by atoms with van der Waals surface area (Å²) in [6, 6.07) is -1.74. The predicted molar refractivity (Wildman–Crippen MR) is 23.3 cm³/mol. The van der Waals surface area contributed by atoms with Gasteiger partial charge >= 0.3 is 5.97 Å². The van der Waals surface area contributed by atoms with Gasteiger partial charge in [-0.05, 0) is 5.18 Å². The van der Waals surface area contributed by atoms with Crippen molar-refractivity contribution >= 4 is 12.3 Å². The lowest BCUT2D eigenvalue weighted by atomic mass is 10.4. The lowest BCUT2D eigenvalue weighted by molar-refractivity contribution is -0.139. The lowest BCUT2D eigenvalue weighted by Gasteiger charge is -1.86. The van der Waals surface area contributed by atoms with Gasteiger partial charge in [0.15, 0.2) is 6.29 Å². The molecule has 0 aromatic rings. The van der Waals surface area contributed by atoms with Crippen molar-refractivity contribution in [2.45, 2.75) is 6.04 Å². The van der Waals surface area contributed by atoms with Crippen LogP contribution in [0.3, 0.4) is 0 Å². The van der Waals surface area contributed by atoms with Crippen LogP contribution in [0.25, 0.3) is 0 Å². The third kappa shape index (κ3) is 1.46. The van der Waals surface area contributed by atoms with E-state index in [4.69, 9.17) is 5.11 Å². The van der Waals surface area contributed by atoms with E-state index in [0.717, 1.165) is 0 Å². The SMILES string of the molecule is O=C[C@H](N=O)C(=O)O. The molecular weight excluding hydrogens is 114 g/mol. The highest BCUT2D eigenvalue weighted by Gasteiger charge is 2.14. The monoisotopic (exact) mass is 117 g/mol. The van der Waals surface area contributed by atoms with Gasteiger partial charge in [0.05, 0.1) is 0 Å². The molecule has 0 aliphatic rings. The number of aldehydes is 1. The fourth-order valence-electron chi connectivity index (χ4n) is 0.128. The number of rotatable bonds is 3. The van der Waals surface area contributed by atoms with Crippen LogP contribution < -0.4 is 0 Å². The largest absolute Gasteiger partial charge is 0.479 e. The fraction of sp³-hybridized carbons (Fsp3) is 0.333. The summed E-state index contributed by atoms with van der Waals surface area (Å²) in [5.74, 6) is -1.52. The van der Waals surface area contributed by atoms with E-state index in [1.807, 2.05) is 5.18 Å². The Hall–Kier alpha value is -1.26. The van der Waals surface area contributed by atoms with Crippen LogP contribution >= 0.6 is 0 Å². The maximum Gasteiger partial charge on any atom is 0.339 e. The number of aliphatic carboxylic acids is 1. The first kappa shape index (κ1) is 6.74. The molecule has 0 amide bonds. The molecule has 0 fully saturated rings. The Balaban J connectivity index is 3.88. The van der Waals surface area contributed by atoms with E-state index in [2.05, 4.69) is 0 Å². The third-order valence-corrected chi connectivity index (χ3v) is 0.495. The quantitative estimate of drug-likeness (QED) is 0.304. The van der Waals surface area contributed by atoms with Crippen molar-refractivity contribution in [2.75, 3.05) is 0 Å². The smallest absolute Gasteiger partial charge is 0.339 e. The number of nitroso groups, excluding NO2 is 1. The molecule has 0 rings (SSSR count). The van der Waals surface area contributed by atoms with Crippen molar-refractivity contribution < 1.29 is 14.7 Å². The number of nitrogens with zero attached hydrogens (tertiary/aromatic N) is 1. The van der Waals surface area contributed by atoms with Gasteiger partial charge in [-0.3, -0.25) is 0 Å².